The number of likely N-dealkylation sites (N-methyl/N-ethyl adjacent to an activating group) is 1. The minimum Gasteiger partial charge on any atom is -0.381 e. The molecule has 226 valence electrons. The average molecular weight is 598 g/mol. The van der Waals surface area contributed by atoms with Gasteiger partial charge in [-0.25, -0.2) is 4.39 Å². The Balaban J connectivity index is 1.68. The van der Waals surface area contributed by atoms with Gasteiger partial charge >= 0.3 is 0 Å². The number of benzene rings is 2. The first-order valence-electron chi connectivity index (χ1n) is 15.0. The van der Waals surface area contributed by atoms with Crippen LogP contribution >= 0.6 is 9.24 Å². The third-order valence-electron chi connectivity index (χ3n) is 8.66. The summed E-state index contributed by atoms with van der Waals surface area (Å²) in [6, 6.07) is 14.3. The number of hydrogen-bond donors (Lipinski definition) is 1. The van der Waals surface area contributed by atoms with Gasteiger partial charge in [0.15, 0.2) is 6.29 Å². The van der Waals surface area contributed by atoms with Crippen LogP contribution in [-0.4, -0.2) is 41.8 Å². The van der Waals surface area contributed by atoms with Crippen LogP contribution in [0.15, 0.2) is 114 Å². The summed E-state index contributed by atoms with van der Waals surface area (Å²) >= 11 is 0. The monoisotopic (exact) mass is 597 g/mol. The number of fused-ring (bicyclic) bond motifs is 1. The van der Waals surface area contributed by atoms with E-state index >= 15 is 4.39 Å². The molecule has 4 rings (SSSR count). The zero-order valence-electron chi connectivity index (χ0n) is 25.8. The van der Waals surface area contributed by atoms with E-state index < -0.39 is 0 Å². The zero-order valence-corrected chi connectivity index (χ0v) is 27.0. The third kappa shape index (κ3) is 7.34. The topological polar surface area (TPSA) is 35.6 Å². The van der Waals surface area contributed by atoms with Gasteiger partial charge in [-0.2, -0.15) is 0 Å². The maximum absolute atomic E-state index is 15.0. The van der Waals surface area contributed by atoms with Gasteiger partial charge in [0.2, 0.25) is 0 Å². The number of aryl methyl sites for hydroxylation is 2. The fraction of sp³-hybridized carbons (Fsp3) is 0.324. The third-order valence-corrected chi connectivity index (χ3v) is 9.10. The lowest BCUT2D eigenvalue weighted by molar-refractivity contribution is -0.106. The number of carbonyl (C=O) groups is 1. The first kappa shape index (κ1) is 32.4. The quantitative estimate of drug-likeness (QED) is 0.139. The van der Waals surface area contributed by atoms with E-state index in [0.29, 0.717) is 36.1 Å². The van der Waals surface area contributed by atoms with Crippen molar-refractivity contribution in [1.29, 1.82) is 0 Å². The first-order chi connectivity index (χ1) is 20.7. The average Bonchev–Trinajstić information content (AvgIpc) is 3.40. The lowest BCUT2D eigenvalue weighted by Gasteiger charge is -2.38. The Morgan fingerprint density at radius 2 is 2.00 bits per heavy atom. The van der Waals surface area contributed by atoms with E-state index in [1.807, 2.05) is 37.3 Å². The summed E-state index contributed by atoms with van der Waals surface area (Å²) in [5, 5.41) is 3.44. The standard InChI is InChI=1S/C37H45FN3OP/c1-7-8-12-26(3)40(6)22-31-16-18-35-37(28(5)39-21-33-30(24-43)19-25(2)20-34(33)38)27(4)32(36(23-42)41(31)35)17-15-29-13-10-9-11-14-29/h7-14,19-20,23,26,31,39H,1,4-5,15-18,21-22,24,43H2,2-3,6H3/b12-8-. The van der Waals surface area contributed by atoms with Gasteiger partial charge < -0.3 is 10.2 Å². The van der Waals surface area contributed by atoms with Gasteiger partial charge in [-0.1, -0.05) is 74.4 Å². The minimum absolute atomic E-state index is 0.126. The smallest absolute Gasteiger partial charge is 0.166 e. The Morgan fingerprint density at radius 1 is 1.26 bits per heavy atom. The van der Waals surface area contributed by atoms with E-state index in [-0.39, 0.29) is 17.9 Å². The largest absolute Gasteiger partial charge is 0.381 e. The Hall–Kier alpha value is -3.53. The van der Waals surface area contributed by atoms with Gasteiger partial charge in [0.25, 0.3) is 0 Å². The van der Waals surface area contributed by atoms with Crippen molar-refractivity contribution in [3.8, 4) is 0 Å². The molecule has 2 aliphatic heterocycles. The van der Waals surface area contributed by atoms with Crippen molar-refractivity contribution in [2.24, 2.45) is 0 Å². The van der Waals surface area contributed by atoms with E-state index in [0.717, 1.165) is 65.6 Å². The van der Waals surface area contributed by atoms with Crippen LogP contribution in [0, 0.1) is 12.7 Å². The zero-order chi connectivity index (χ0) is 31.1. The van der Waals surface area contributed by atoms with Gasteiger partial charge in [-0.15, -0.1) is 9.24 Å². The first-order valence-corrected chi connectivity index (χ1v) is 15.9. The van der Waals surface area contributed by atoms with Gasteiger partial charge in [-0.3, -0.25) is 9.69 Å². The maximum Gasteiger partial charge on any atom is 0.166 e. The molecule has 0 spiro atoms. The van der Waals surface area contributed by atoms with Crippen LogP contribution in [0.1, 0.15) is 48.4 Å². The van der Waals surface area contributed by atoms with E-state index in [1.54, 1.807) is 12.1 Å². The summed E-state index contributed by atoms with van der Waals surface area (Å²) in [5.74, 6) is -0.213. The minimum atomic E-state index is -0.213. The highest BCUT2D eigenvalue weighted by Crippen LogP contribution is 2.45. The van der Waals surface area contributed by atoms with Crippen molar-refractivity contribution in [3.05, 3.63) is 142 Å². The molecule has 0 radical (unpaired) electrons. The van der Waals surface area contributed by atoms with E-state index in [1.165, 1.54) is 5.56 Å². The second-order valence-corrected chi connectivity index (χ2v) is 12.0. The van der Waals surface area contributed by atoms with Gasteiger partial charge in [0.05, 0.1) is 5.70 Å². The molecule has 6 heteroatoms. The predicted molar refractivity (Wildman–Crippen MR) is 181 cm³/mol. The molecule has 0 amide bonds. The molecular weight excluding hydrogens is 552 g/mol. The number of nitrogens with one attached hydrogen (secondary N) is 1. The van der Waals surface area contributed by atoms with Crippen molar-refractivity contribution >= 4 is 15.5 Å². The highest BCUT2D eigenvalue weighted by atomic mass is 31.0. The van der Waals surface area contributed by atoms with Crippen LogP contribution in [0.4, 0.5) is 4.39 Å². The fourth-order valence-electron chi connectivity index (χ4n) is 6.23. The molecule has 1 saturated heterocycles. The molecule has 0 aromatic heterocycles. The normalized spacial score (nSPS) is 17.6. The van der Waals surface area contributed by atoms with Crippen molar-refractivity contribution in [2.75, 3.05) is 13.6 Å². The molecule has 0 saturated carbocycles. The Labute approximate surface area is 259 Å². The molecule has 2 aromatic carbocycles. The SMILES string of the molecule is C=C/C=C\C(C)N(C)CC1CCC2=C(C(=C)NCc3c(F)cc(C)cc3CP)C(=C)C(CCc3ccccc3)=C(C=O)N21. The lowest BCUT2D eigenvalue weighted by Crippen LogP contribution is -2.42. The van der Waals surface area contributed by atoms with Crippen molar-refractivity contribution in [2.45, 2.75) is 64.3 Å². The van der Waals surface area contributed by atoms with Crippen molar-refractivity contribution < 1.29 is 9.18 Å². The molecular formula is C37H45FN3OP. The van der Waals surface area contributed by atoms with Crippen molar-refractivity contribution in [3.63, 3.8) is 0 Å². The van der Waals surface area contributed by atoms with E-state index in [9.17, 15) is 4.79 Å². The highest BCUT2D eigenvalue weighted by molar-refractivity contribution is 7.15. The molecule has 3 atom stereocenters. The van der Waals surface area contributed by atoms with Crippen LogP contribution in [0.5, 0.6) is 0 Å². The number of nitrogens with zero attached hydrogens (tertiary/aromatic N) is 2. The van der Waals surface area contributed by atoms with E-state index in [4.69, 9.17) is 0 Å². The summed E-state index contributed by atoms with van der Waals surface area (Å²) in [6.45, 7) is 17.9. The number of carbonyl (C=O) groups excluding carboxylic acids is 1. The predicted octanol–water partition coefficient (Wildman–Crippen LogP) is 7.55. The molecule has 0 aliphatic carbocycles. The Kier molecular flexibility index (Phi) is 11.1. The van der Waals surface area contributed by atoms with Gasteiger partial charge in [-0.05, 0) is 86.6 Å². The number of rotatable bonds is 14. The van der Waals surface area contributed by atoms with Crippen LogP contribution in [0.2, 0.25) is 0 Å². The Morgan fingerprint density at radius 3 is 2.67 bits per heavy atom. The summed E-state index contributed by atoms with van der Waals surface area (Å²) in [4.78, 5) is 17.4. The maximum atomic E-state index is 15.0. The van der Waals surface area contributed by atoms with E-state index in [2.05, 4.69) is 76.3 Å². The molecule has 43 heavy (non-hydrogen) atoms. The number of allylic oxidation sites excluding steroid dienone is 6. The summed E-state index contributed by atoms with van der Waals surface area (Å²) in [6.07, 6.45) is 10.8. The number of hydrogen-bond acceptors (Lipinski definition) is 4. The summed E-state index contributed by atoms with van der Waals surface area (Å²) in [7, 11) is 4.82. The molecule has 2 aliphatic rings. The molecule has 2 heterocycles. The summed E-state index contributed by atoms with van der Waals surface area (Å²) < 4.78 is 15.0. The molecule has 2 aromatic rings. The fourth-order valence-corrected chi connectivity index (χ4v) is 6.59. The molecule has 1 fully saturated rings. The second-order valence-electron chi connectivity index (χ2n) is 11.6. The molecule has 0 bridgehead atoms. The van der Waals surface area contributed by atoms with Crippen LogP contribution < -0.4 is 5.32 Å². The van der Waals surface area contributed by atoms with Gasteiger partial charge in [0.1, 0.15) is 5.82 Å². The Bertz CT molecular complexity index is 1470. The van der Waals surface area contributed by atoms with Crippen LogP contribution in [0.25, 0.3) is 0 Å². The molecule has 4 nitrogen and oxygen atoms in total. The summed E-state index contributed by atoms with van der Waals surface area (Å²) in [5.41, 5.74) is 8.91. The van der Waals surface area contributed by atoms with Gasteiger partial charge in [0, 0.05) is 47.7 Å². The van der Waals surface area contributed by atoms with Crippen LogP contribution in [0.3, 0.4) is 0 Å². The molecule has 3 unspecified atom stereocenters. The van der Waals surface area contributed by atoms with Crippen molar-refractivity contribution in [1.82, 2.24) is 15.1 Å². The second kappa shape index (κ2) is 14.8. The lowest BCUT2D eigenvalue weighted by atomic mass is 9.86. The highest BCUT2D eigenvalue weighted by Gasteiger charge is 2.39. The van der Waals surface area contributed by atoms with Crippen LogP contribution in [-0.2, 0) is 23.9 Å². The molecule has 1 N–H and O–H groups in total. The number of aldehydes is 1. The number of halogens is 1.